The fourth-order valence-electron chi connectivity index (χ4n) is 3.40. The number of para-hydroxylation sites is 2. The molecule has 0 saturated heterocycles. The molecule has 6 nitrogen and oxygen atoms in total. The molecule has 0 amide bonds. The van der Waals surface area contributed by atoms with Gasteiger partial charge in [0.05, 0.1) is 22.1 Å². The zero-order valence-electron chi connectivity index (χ0n) is 15.5. The summed E-state index contributed by atoms with van der Waals surface area (Å²) in [4.78, 5) is 20.0. The summed E-state index contributed by atoms with van der Waals surface area (Å²) in [5.41, 5.74) is 5.25. The molecule has 2 N–H and O–H groups in total. The van der Waals surface area contributed by atoms with Crippen LogP contribution in [-0.2, 0) is 27.1 Å². The second-order valence-electron chi connectivity index (χ2n) is 6.70. The fourth-order valence-corrected chi connectivity index (χ4v) is 3.40. The number of H-pyrrole nitrogens is 1. The number of halogens is 1. The lowest BCUT2D eigenvalue weighted by atomic mass is 10.2. The molecule has 0 aliphatic carbocycles. The number of rotatable bonds is 6. The third-order valence-electron chi connectivity index (χ3n) is 4.87. The number of hydrogen-bond acceptors (Lipinski definition) is 3. The van der Waals surface area contributed by atoms with Gasteiger partial charge in [-0.3, -0.25) is 9.13 Å². The highest BCUT2D eigenvalue weighted by molar-refractivity contribution is 5.85. The molecule has 142 valence electrons. The molecule has 0 radical (unpaired) electrons. The zero-order valence-corrected chi connectivity index (χ0v) is 16.3. The number of imidazole rings is 2. The minimum atomic E-state index is 0. The van der Waals surface area contributed by atoms with E-state index in [1.54, 1.807) is 16.2 Å². The van der Waals surface area contributed by atoms with E-state index < -0.39 is 0 Å². The molecule has 27 heavy (non-hydrogen) atoms. The van der Waals surface area contributed by atoms with Gasteiger partial charge in [-0.1, -0.05) is 18.2 Å². The average Bonchev–Trinajstić information content (AvgIpc) is 3.16. The monoisotopic (exact) mass is 385 g/mol. The van der Waals surface area contributed by atoms with Crippen LogP contribution in [0, 0.1) is 0 Å². The van der Waals surface area contributed by atoms with Crippen LogP contribution in [0.15, 0.2) is 47.3 Å². The predicted octanol–water partition coefficient (Wildman–Crippen LogP) is 2.90. The lowest BCUT2D eigenvalue weighted by molar-refractivity contribution is 0.642. The summed E-state index contributed by atoms with van der Waals surface area (Å²) < 4.78 is 3.38. The highest BCUT2D eigenvalue weighted by Gasteiger charge is 2.08. The molecular formula is C20H24ClN5O. The molecule has 0 bridgehead atoms. The highest BCUT2D eigenvalue weighted by Crippen LogP contribution is 2.14. The van der Waals surface area contributed by atoms with E-state index in [0.29, 0.717) is 0 Å². The van der Waals surface area contributed by atoms with Crippen LogP contribution in [0.3, 0.4) is 0 Å². The quantitative estimate of drug-likeness (QED) is 0.501. The summed E-state index contributed by atoms with van der Waals surface area (Å²) in [6.45, 7) is 1.71. The maximum Gasteiger partial charge on any atom is 0.328 e. The molecule has 4 rings (SSSR count). The Bertz CT molecular complexity index is 1090. The van der Waals surface area contributed by atoms with E-state index in [9.17, 15) is 4.79 Å². The van der Waals surface area contributed by atoms with Crippen molar-refractivity contribution in [1.82, 2.24) is 24.4 Å². The maximum absolute atomic E-state index is 12.0. The van der Waals surface area contributed by atoms with E-state index in [-0.39, 0.29) is 18.1 Å². The highest BCUT2D eigenvalue weighted by atomic mass is 35.5. The predicted molar refractivity (Wildman–Crippen MR) is 112 cm³/mol. The van der Waals surface area contributed by atoms with Gasteiger partial charge in [-0.05, 0) is 42.8 Å². The molecule has 2 aromatic carbocycles. The number of nitrogens with one attached hydrogen (secondary N) is 2. The molecule has 0 aliphatic heterocycles. The van der Waals surface area contributed by atoms with Crippen molar-refractivity contribution >= 4 is 34.5 Å². The van der Waals surface area contributed by atoms with Crippen molar-refractivity contribution in [3.8, 4) is 0 Å². The third-order valence-corrected chi connectivity index (χ3v) is 4.87. The van der Waals surface area contributed by atoms with Crippen LogP contribution in [0.5, 0.6) is 0 Å². The topological polar surface area (TPSA) is 67.6 Å². The Labute approximate surface area is 163 Å². The van der Waals surface area contributed by atoms with Gasteiger partial charge in [-0.25, -0.2) is 9.78 Å². The number of aryl methyl sites for hydroxylation is 3. The van der Waals surface area contributed by atoms with Crippen LogP contribution in [-0.4, -0.2) is 25.6 Å². The van der Waals surface area contributed by atoms with Gasteiger partial charge in [0.2, 0.25) is 0 Å². The van der Waals surface area contributed by atoms with Crippen molar-refractivity contribution in [3.63, 3.8) is 0 Å². The minimum absolute atomic E-state index is 0. The summed E-state index contributed by atoms with van der Waals surface area (Å²) >= 11 is 0. The summed E-state index contributed by atoms with van der Waals surface area (Å²) in [6, 6.07) is 14.3. The Morgan fingerprint density at radius 1 is 1.07 bits per heavy atom. The van der Waals surface area contributed by atoms with Crippen LogP contribution >= 0.6 is 12.4 Å². The van der Waals surface area contributed by atoms with Crippen molar-refractivity contribution in [2.45, 2.75) is 19.4 Å². The van der Waals surface area contributed by atoms with E-state index in [0.717, 1.165) is 53.8 Å². The van der Waals surface area contributed by atoms with Crippen LogP contribution in [0.2, 0.25) is 0 Å². The number of aromatic amines is 1. The van der Waals surface area contributed by atoms with Crippen molar-refractivity contribution in [1.29, 1.82) is 0 Å². The van der Waals surface area contributed by atoms with E-state index in [1.165, 1.54) is 5.56 Å². The summed E-state index contributed by atoms with van der Waals surface area (Å²) in [6.07, 6.45) is 1.94. The van der Waals surface area contributed by atoms with Crippen molar-refractivity contribution < 1.29 is 0 Å². The second-order valence-corrected chi connectivity index (χ2v) is 6.70. The van der Waals surface area contributed by atoms with Gasteiger partial charge in [0, 0.05) is 27.1 Å². The SMILES string of the molecule is Cl.Cn1c(=O)n(C)c2cc(CNCCCc3nc4ccccc4[nH]3)ccc21. The Kier molecular flexibility index (Phi) is 5.68. The molecule has 0 atom stereocenters. The van der Waals surface area contributed by atoms with Gasteiger partial charge in [-0.2, -0.15) is 0 Å². The molecule has 7 heteroatoms. The first-order valence-corrected chi connectivity index (χ1v) is 8.92. The Morgan fingerprint density at radius 3 is 2.67 bits per heavy atom. The number of hydrogen-bond donors (Lipinski definition) is 2. The van der Waals surface area contributed by atoms with Gasteiger partial charge in [-0.15, -0.1) is 12.4 Å². The molecule has 0 saturated carbocycles. The van der Waals surface area contributed by atoms with Crippen LogP contribution in [0.1, 0.15) is 17.8 Å². The van der Waals surface area contributed by atoms with Gasteiger partial charge < -0.3 is 10.3 Å². The van der Waals surface area contributed by atoms with E-state index in [1.807, 2.05) is 31.3 Å². The van der Waals surface area contributed by atoms with Crippen LogP contribution < -0.4 is 11.0 Å². The van der Waals surface area contributed by atoms with E-state index in [2.05, 4.69) is 33.5 Å². The fraction of sp³-hybridized carbons (Fsp3) is 0.300. The minimum Gasteiger partial charge on any atom is -0.342 e. The van der Waals surface area contributed by atoms with Gasteiger partial charge in [0.25, 0.3) is 0 Å². The second kappa shape index (κ2) is 7.98. The molecule has 0 spiro atoms. The first-order chi connectivity index (χ1) is 12.6. The number of fused-ring (bicyclic) bond motifs is 2. The maximum atomic E-state index is 12.0. The number of nitrogens with zero attached hydrogens (tertiary/aromatic N) is 3. The van der Waals surface area contributed by atoms with E-state index >= 15 is 0 Å². The van der Waals surface area contributed by atoms with Crippen LogP contribution in [0.4, 0.5) is 0 Å². The Balaban J connectivity index is 0.00000210. The van der Waals surface area contributed by atoms with Crippen molar-refractivity contribution in [2.75, 3.05) is 6.54 Å². The lowest BCUT2D eigenvalue weighted by Crippen LogP contribution is -2.19. The standard InChI is InChI=1S/C20H23N5O.ClH/c1-24-17-10-9-14(12-18(17)25(2)20(24)26)13-21-11-5-8-19-22-15-6-3-4-7-16(15)23-19;/h3-4,6-7,9-10,12,21H,5,8,11,13H2,1-2H3,(H,22,23);1H. The van der Waals surface area contributed by atoms with Crippen molar-refractivity contribution in [2.24, 2.45) is 14.1 Å². The first kappa shape index (κ1) is 19.2. The molecule has 0 fully saturated rings. The van der Waals surface area contributed by atoms with Gasteiger partial charge in [0.15, 0.2) is 0 Å². The van der Waals surface area contributed by atoms with Crippen molar-refractivity contribution in [3.05, 3.63) is 64.3 Å². The molecule has 0 unspecified atom stereocenters. The largest absolute Gasteiger partial charge is 0.342 e. The first-order valence-electron chi connectivity index (χ1n) is 8.92. The van der Waals surface area contributed by atoms with Gasteiger partial charge >= 0.3 is 5.69 Å². The molecule has 2 heterocycles. The van der Waals surface area contributed by atoms with Crippen LogP contribution in [0.25, 0.3) is 22.1 Å². The summed E-state index contributed by atoms with van der Waals surface area (Å²) in [7, 11) is 3.62. The zero-order chi connectivity index (χ0) is 18.1. The Morgan fingerprint density at radius 2 is 1.85 bits per heavy atom. The number of aromatic nitrogens is 4. The summed E-state index contributed by atoms with van der Waals surface area (Å²) in [5, 5.41) is 3.48. The lowest BCUT2D eigenvalue weighted by Gasteiger charge is -2.05. The normalized spacial score (nSPS) is 11.2. The average molecular weight is 386 g/mol. The third kappa shape index (κ3) is 3.77. The summed E-state index contributed by atoms with van der Waals surface area (Å²) in [5.74, 6) is 1.04. The number of benzene rings is 2. The molecule has 4 aromatic rings. The smallest absolute Gasteiger partial charge is 0.328 e. The molecule has 2 aromatic heterocycles. The molecule has 0 aliphatic rings. The Hall–Kier alpha value is -2.57. The molecular weight excluding hydrogens is 362 g/mol. The van der Waals surface area contributed by atoms with Gasteiger partial charge in [0.1, 0.15) is 5.82 Å². The van der Waals surface area contributed by atoms with E-state index in [4.69, 9.17) is 0 Å².